The normalized spacial score (nSPS) is 11.0. The van der Waals surface area contributed by atoms with Gasteiger partial charge in [-0.15, -0.1) is 0 Å². The fraction of sp³-hybridized carbons (Fsp3) is 0.176. The van der Waals surface area contributed by atoms with E-state index in [9.17, 15) is 14.0 Å². The van der Waals surface area contributed by atoms with Crippen molar-refractivity contribution in [2.45, 2.75) is 20.0 Å². The molecule has 3 aromatic rings. The van der Waals surface area contributed by atoms with Crippen molar-refractivity contribution in [3.8, 4) is 0 Å². The average molecular weight is 298 g/mol. The summed E-state index contributed by atoms with van der Waals surface area (Å²) in [5.74, 6) is -0.348. The molecule has 1 heterocycles. The Morgan fingerprint density at radius 2 is 1.77 bits per heavy atom. The topological polar surface area (TPSA) is 44.0 Å². The van der Waals surface area contributed by atoms with E-state index in [-0.39, 0.29) is 23.6 Å². The zero-order chi connectivity index (χ0) is 15.7. The predicted molar refractivity (Wildman–Crippen MR) is 83.6 cm³/mol. The third kappa shape index (κ3) is 2.35. The first-order valence-corrected chi connectivity index (χ1v) is 7.08. The molecule has 2 aromatic carbocycles. The molecule has 0 unspecified atom stereocenters. The Kier molecular flexibility index (Phi) is 3.63. The monoisotopic (exact) mass is 298 g/mol. The standard InChI is InChI=1S/C17H15FN2O2/c1-2-19-16(21)14-8-3-4-9-15(14)20(17(19)22)11-12-6-5-7-13(18)10-12/h3-10H,2,11H2,1H3. The van der Waals surface area contributed by atoms with Gasteiger partial charge in [0.1, 0.15) is 5.82 Å². The molecule has 0 saturated carbocycles. The van der Waals surface area contributed by atoms with Crippen LogP contribution in [0.4, 0.5) is 4.39 Å². The number of para-hydroxylation sites is 1. The lowest BCUT2D eigenvalue weighted by atomic mass is 10.2. The maximum Gasteiger partial charge on any atom is 0.331 e. The van der Waals surface area contributed by atoms with Gasteiger partial charge in [-0.05, 0) is 36.8 Å². The van der Waals surface area contributed by atoms with Crippen molar-refractivity contribution in [1.29, 1.82) is 0 Å². The number of benzene rings is 2. The molecule has 0 radical (unpaired) electrons. The molecule has 3 rings (SSSR count). The van der Waals surface area contributed by atoms with E-state index >= 15 is 0 Å². The van der Waals surface area contributed by atoms with E-state index in [1.807, 2.05) is 0 Å². The van der Waals surface area contributed by atoms with Crippen molar-refractivity contribution in [3.63, 3.8) is 0 Å². The van der Waals surface area contributed by atoms with Gasteiger partial charge >= 0.3 is 5.69 Å². The minimum absolute atomic E-state index is 0.220. The smallest absolute Gasteiger partial charge is 0.289 e. The molecule has 4 nitrogen and oxygen atoms in total. The Morgan fingerprint density at radius 1 is 1.00 bits per heavy atom. The minimum Gasteiger partial charge on any atom is -0.289 e. The molecule has 0 atom stereocenters. The van der Waals surface area contributed by atoms with Gasteiger partial charge < -0.3 is 0 Å². The van der Waals surface area contributed by atoms with Gasteiger partial charge in [-0.3, -0.25) is 13.9 Å². The van der Waals surface area contributed by atoms with Crippen molar-refractivity contribution in [2.24, 2.45) is 0 Å². The number of hydrogen-bond acceptors (Lipinski definition) is 2. The van der Waals surface area contributed by atoms with E-state index in [0.717, 1.165) is 0 Å². The van der Waals surface area contributed by atoms with Crippen molar-refractivity contribution in [1.82, 2.24) is 9.13 Å². The van der Waals surface area contributed by atoms with E-state index in [1.165, 1.54) is 21.3 Å². The summed E-state index contributed by atoms with van der Waals surface area (Å²) in [4.78, 5) is 24.9. The summed E-state index contributed by atoms with van der Waals surface area (Å²) < 4.78 is 16.1. The van der Waals surface area contributed by atoms with Crippen LogP contribution in [0, 0.1) is 5.82 Å². The van der Waals surface area contributed by atoms with Crippen molar-refractivity contribution >= 4 is 10.9 Å². The van der Waals surface area contributed by atoms with Gasteiger partial charge in [-0.2, -0.15) is 0 Å². The molecule has 0 bridgehead atoms. The Morgan fingerprint density at radius 3 is 2.50 bits per heavy atom. The van der Waals surface area contributed by atoms with Gasteiger partial charge in [0, 0.05) is 6.54 Å². The molecule has 0 fully saturated rings. The SMILES string of the molecule is CCn1c(=O)c2ccccc2n(Cc2cccc(F)c2)c1=O. The molecule has 22 heavy (non-hydrogen) atoms. The maximum absolute atomic E-state index is 13.4. The summed E-state index contributed by atoms with van der Waals surface area (Å²) in [6.45, 7) is 2.27. The van der Waals surface area contributed by atoms with Crippen LogP contribution in [-0.4, -0.2) is 9.13 Å². The van der Waals surface area contributed by atoms with Gasteiger partial charge in [-0.1, -0.05) is 24.3 Å². The van der Waals surface area contributed by atoms with Crippen molar-refractivity contribution < 1.29 is 4.39 Å². The quantitative estimate of drug-likeness (QED) is 0.745. The summed E-state index contributed by atoms with van der Waals surface area (Å²) in [5, 5.41) is 0.486. The molecule has 112 valence electrons. The summed E-state index contributed by atoms with van der Waals surface area (Å²) in [6, 6.07) is 13.1. The summed E-state index contributed by atoms with van der Waals surface area (Å²) in [5.41, 5.74) is 0.564. The lowest BCUT2D eigenvalue weighted by Gasteiger charge is -2.13. The van der Waals surface area contributed by atoms with Crippen LogP contribution in [0.2, 0.25) is 0 Å². The number of nitrogens with zero attached hydrogens (tertiary/aromatic N) is 2. The number of hydrogen-bond donors (Lipinski definition) is 0. The number of rotatable bonds is 3. The molecular formula is C17H15FN2O2. The van der Waals surface area contributed by atoms with E-state index in [2.05, 4.69) is 0 Å². The molecule has 1 aromatic heterocycles. The second-order valence-corrected chi connectivity index (χ2v) is 5.07. The molecule has 0 N–H and O–H groups in total. The van der Waals surface area contributed by atoms with Gasteiger partial charge in [-0.25, -0.2) is 9.18 Å². The minimum atomic E-state index is -0.379. The highest BCUT2D eigenvalue weighted by Gasteiger charge is 2.12. The van der Waals surface area contributed by atoms with Crippen molar-refractivity contribution in [2.75, 3.05) is 0 Å². The molecular weight excluding hydrogens is 283 g/mol. The number of halogens is 1. The number of fused-ring (bicyclic) bond motifs is 1. The summed E-state index contributed by atoms with van der Waals surface area (Å²) in [7, 11) is 0. The van der Waals surface area contributed by atoms with Crippen LogP contribution in [-0.2, 0) is 13.1 Å². The second-order valence-electron chi connectivity index (χ2n) is 5.07. The van der Waals surface area contributed by atoms with Crippen LogP contribution in [0.3, 0.4) is 0 Å². The maximum atomic E-state index is 13.4. The van der Waals surface area contributed by atoms with Crippen LogP contribution in [0.5, 0.6) is 0 Å². The van der Waals surface area contributed by atoms with Crippen LogP contribution >= 0.6 is 0 Å². The van der Waals surface area contributed by atoms with Crippen LogP contribution in [0.1, 0.15) is 12.5 Å². The Bertz CT molecular complexity index is 957. The third-order valence-corrected chi connectivity index (χ3v) is 3.68. The van der Waals surface area contributed by atoms with Gasteiger partial charge in [0.2, 0.25) is 0 Å². The van der Waals surface area contributed by atoms with E-state index in [1.54, 1.807) is 43.3 Å². The molecule has 0 aliphatic carbocycles. The van der Waals surface area contributed by atoms with Crippen molar-refractivity contribution in [3.05, 3.63) is 80.7 Å². The largest absolute Gasteiger partial charge is 0.331 e. The molecule has 0 aliphatic heterocycles. The first-order chi connectivity index (χ1) is 10.6. The average Bonchev–Trinajstić information content (AvgIpc) is 2.52. The summed E-state index contributed by atoms with van der Waals surface area (Å²) in [6.07, 6.45) is 0. The molecule has 0 amide bonds. The first kappa shape index (κ1) is 14.3. The fourth-order valence-electron chi connectivity index (χ4n) is 2.62. The van der Waals surface area contributed by atoms with E-state index in [4.69, 9.17) is 0 Å². The second kappa shape index (κ2) is 5.60. The first-order valence-electron chi connectivity index (χ1n) is 7.08. The third-order valence-electron chi connectivity index (χ3n) is 3.68. The number of aromatic nitrogens is 2. The fourth-order valence-corrected chi connectivity index (χ4v) is 2.62. The highest BCUT2D eigenvalue weighted by Crippen LogP contribution is 2.11. The highest BCUT2D eigenvalue weighted by molar-refractivity contribution is 5.77. The molecule has 0 aliphatic rings. The molecule has 0 saturated heterocycles. The van der Waals surface area contributed by atoms with Crippen LogP contribution in [0.15, 0.2) is 58.1 Å². The Labute approximate surface area is 126 Å². The van der Waals surface area contributed by atoms with E-state index in [0.29, 0.717) is 23.0 Å². The van der Waals surface area contributed by atoms with Crippen LogP contribution in [0.25, 0.3) is 10.9 Å². The van der Waals surface area contributed by atoms with Gasteiger partial charge in [0.15, 0.2) is 0 Å². The zero-order valence-electron chi connectivity index (χ0n) is 12.1. The van der Waals surface area contributed by atoms with Crippen LogP contribution < -0.4 is 11.2 Å². The van der Waals surface area contributed by atoms with Gasteiger partial charge in [0.05, 0.1) is 17.4 Å². The lowest BCUT2D eigenvalue weighted by Crippen LogP contribution is -2.39. The highest BCUT2D eigenvalue weighted by atomic mass is 19.1. The zero-order valence-corrected chi connectivity index (χ0v) is 12.1. The summed E-state index contributed by atoms with van der Waals surface area (Å²) >= 11 is 0. The Balaban J connectivity index is 2.29. The Hall–Kier alpha value is -2.69. The predicted octanol–water partition coefficient (Wildman–Crippen LogP) is 2.37. The van der Waals surface area contributed by atoms with Gasteiger partial charge in [0.25, 0.3) is 5.56 Å². The molecule has 5 heteroatoms. The lowest BCUT2D eigenvalue weighted by molar-refractivity contribution is 0.608. The van der Waals surface area contributed by atoms with E-state index < -0.39 is 0 Å². The molecule has 0 spiro atoms.